The van der Waals surface area contributed by atoms with Crippen LogP contribution in [0.25, 0.3) is 16.9 Å². The second-order valence-electron chi connectivity index (χ2n) is 9.28. The molecule has 1 aliphatic rings. The third kappa shape index (κ3) is 5.18. The average molecular weight is 518 g/mol. The van der Waals surface area contributed by atoms with Crippen molar-refractivity contribution >= 4 is 15.5 Å². The summed E-state index contributed by atoms with van der Waals surface area (Å²) in [4.78, 5) is 20.5. The van der Waals surface area contributed by atoms with E-state index in [1.165, 1.54) is 16.4 Å². The topological polar surface area (TPSA) is 130 Å². The first-order chi connectivity index (χ1) is 17.3. The highest BCUT2D eigenvalue weighted by Crippen LogP contribution is 2.32. The number of sulfonamides is 1. The van der Waals surface area contributed by atoms with Crippen molar-refractivity contribution in [1.82, 2.24) is 23.9 Å². The Bertz CT molecular complexity index is 1380. The largest absolute Gasteiger partial charge is 0.493 e. The normalized spacial score (nSPS) is 17.1. The van der Waals surface area contributed by atoms with E-state index >= 15 is 0 Å². The Balaban J connectivity index is 1.81. The van der Waals surface area contributed by atoms with Crippen molar-refractivity contribution in [2.24, 2.45) is 5.92 Å². The van der Waals surface area contributed by atoms with Gasteiger partial charge >= 0.3 is 0 Å². The van der Waals surface area contributed by atoms with E-state index in [1.807, 2.05) is 6.92 Å². The quantitative estimate of drug-likeness (QED) is 0.396. The van der Waals surface area contributed by atoms with Crippen molar-refractivity contribution in [2.45, 2.75) is 64.2 Å². The minimum Gasteiger partial charge on any atom is -0.493 e. The molecule has 196 valence electrons. The molecule has 1 aliphatic heterocycles. The van der Waals surface area contributed by atoms with Crippen molar-refractivity contribution < 1.29 is 18.3 Å². The predicted octanol–water partition coefficient (Wildman–Crippen LogP) is 2.92. The van der Waals surface area contributed by atoms with Crippen LogP contribution in [0.3, 0.4) is 0 Å². The van der Waals surface area contributed by atoms with E-state index in [9.17, 15) is 18.3 Å². The number of rotatable bonds is 10. The summed E-state index contributed by atoms with van der Waals surface area (Å²) in [7, 11) is -3.81. The lowest BCUT2D eigenvalue weighted by molar-refractivity contribution is 0.165. The maximum Gasteiger partial charge on any atom is 0.277 e. The van der Waals surface area contributed by atoms with Crippen molar-refractivity contribution in [2.75, 3.05) is 26.3 Å². The van der Waals surface area contributed by atoms with E-state index in [2.05, 4.69) is 22.0 Å². The number of unbranched alkanes of at least 4 members (excludes halogenated alkanes) is 2. The lowest BCUT2D eigenvalue weighted by Crippen LogP contribution is -2.40. The van der Waals surface area contributed by atoms with Gasteiger partial charge < -0.3 is 14.8 Å². The molecule has 10 nitrogen and oxygen atoms in total. The molecule has 0 saturated carbocycles. The number of aliphatic hydroxyl groups excluding tert-OH is 1. The molecule has 0 spiro atoms. The predicted molar refractivity (Wildman–Crippen MR) is 137 cm³/mol. The average Bonchev–Trinajstić information content (AvgIpc) is 3.20. The van der Waals surface area contributed by atoms with Gasteiger partial charge in [0.2, 0.25) is 10.0 Å². The SMILES string of the molecule is CCCCCc1nc(C)c2c(=O)[nH]c(-c3cc(S(=O)(=O)N4CCCC(CO)C4)ccc3OCC)nn12. The molecule has 3 aromatic rings. The van der Waals surface area contributed by atoms with Crippen molar-refractivity contribution in [3.8, 4) is 17.1 Å². The van der Waals surface area contributed by atoms with Gasteiger partial charge in [0.05, 0.1) is 22.8 Å². The van der Waals surface area contributed by atoms with Crippen LogP contribution in [0.15, 0.2) is 27.9 Å². The number of fused-ring (bicyclic) bond motifs is 1. The number of H-pyrrole nitrogens is 1. The molecule has 0 radical (unpaired) electrons. The second-order valence-corrected chi connectivity index (χ2v) is 11.2. The summed E-state index contributed by atoms with van der Waals surface area (Å²) in [6.45, 7) is 6.74. The van der Waals surface area contributed by atoms with Gasteiger partial charge in [-0.2, -0.15) is 4.31 Å². The van der Waals surface area contributed by atoms with E-state index in [0.29, 0.717) is 54.3 Å². The molecule has 0 bridgehead atoms. The number of hydrogen-bond acceptors (Lipinski definition) is 7. The minimum absolute atomic E-state index is 0.0450. The fraction of sp³-hybridized carbons (Fsp3) is 0.560. The highest BCUT2D eigenvalue weighted by Gasteiger charge is 2.31. The van der Waals surface area contributed by atoms with E-state index in [1.54, 1.807) is 17.5 Å². The molecule has 1 unspecified atom stereocenters. The molecule has 1 atom stereocenters. The smallest absolute Gasteiger partial charge is 0.277 e. The number of aryl methyl sites for hydroxylation is 2. The Labute approximate surface area is 211 Å². The van der Waals surface area contributed by atoms with Gasteiger partial charge in [0.15, 0.2) is 11.3 Å². The molecule has 36 heavy (non-hydrogen) atoms. The number of aromatic amines is 1. The summed E-state index contributed by atoms with van der Waals surface area (Å²) >= 11 is 0. The number of imidazole rings is 1. The highest BCUT2D eigenvalue weighted by atomic mass is 32.2. The number of nitrogens with zero attached hydrogens (tertiary/aromatic N) is 4. The summed E-state index contributed by atoms with van der Waals surface area (Å²) in [5, 5.41) is 14.2. The van der Waals surface area contributed by atoms with Gasteiger partial charge in [0.1, 0.15) is 11.6 Å². The van der Waals surface area contributed by atoms with Crippen LogP contribution < -0.4 is 10.3 Å². The first kappa shape index (κ1) is 26.3. The van der Waals surface area contributed by atoms with Crippen LogP contribution >= 0.6 is 0 Å². The zero-order valence-electron chi connectivity index (χ0n) is 21.2. The van der Waals surface area contributed by atoms with Crippen molar-refractivity contribution in [3.05, 3.63) is 40.1 Å². The van der Waals surface area contributed by atoms with Crippen LogP contribution in [0.1, 0.15) is 57.5 Å². The standard InChI is InChI=1S/C25H35N5O5S/c1-4-6-7-10-22-26-17(3)23-25(32)27-24(28-30(22)23)20-14-19(11-12-21(20)35-5-2)36(33,34)29-13-8-9-18(15-29)16-31/h11-12,14,18,31H,4-10,13,15-16H2,1-3H3,(H,27,28,32). The number of aliphatic hydroxyl groups is 1. The molecule has 0 amide bonds. The first-order valence-electron chi connectivity index (χ1n) is 12.7. The molecule has 11 heteroatoms. The first-order valence-corrected chi connectivity index (χ1v) is 14.1. The Morgan fingerprint density at radius 2 is 2.06 bits per heavy atom. The van der Waals surface area contributed by atoms with E-state index in [4.69, 9.17) is 4.74 Å². The Morgan fingerprint density at radius 3 is 2.78 bits per heavy atom. The summed E-state index contributed by atoms with van der Waals surface area (Å²) in [6, 6.07) is 4.62. The molecule has 2 N–H and O–H groups in total. The van der Waals surface area contributed by atoms with Crippen LogP contribution in [0, 0.1) is 12.8 Å². The molecule has 2 aromatic heterocycles. The van der Waals surface area contributed by atoms with Gasteiger partial charge in [-0.25, -0.2) is 17.9 Å². The Kier molecular flexibility index (Phi) is 8.11. The number of hydrogen-bond donors (Lipinski definition) is 2. The lowest BCUT2D eigenvalue weighted by atomic mass is 10.0. The van der Waals surface area contributed by atoms with E-state index in [-0.39, 0.29) is 35.3 Å². The number of aromatic nitrogens is 4. The number of nitrogens with one attached hydrogen (secondary N) is 1. The van der Waals surface area contributed by atoms with Gasteiger partial charge in [0.25, 0.3) is 5.56 Å². The summed E-state index contributed by atoms with van der Waals surface area (Å²) in [6.07, 6.45) is 5.23. The summed E-state index contributed by atoms with van der Waals surface area (Å²) in [5.74, 6) is 1.27. The minimum atomic E-state index is -3.81. The third-order valence-electron chi connectivity index (χ3n) is 6.63. The van der Waals surface area contributed by atoms with Gasteiger partial charge in [-0.3, -0.25) is 4.79 Å². The van der Waals surface area contributed by atoms with Gasteiger partial charge in [-0.1, -0.05) is 19.8 Å². The molecule has 1 saturated heterocycles. The molecule has 4 rings (SSSR count). The van der Waals surface area contributed by atoms with Crippen LogP contribution in [0.4, 0.5) is 0 Å². The van der Waals surface area contributed by atoms with Crippen LogP contribution in [0.2, 0.25) is 0 Å². The molecular weight excluding hydrogens is 482 g/mol. The summed E-state index contributed by atoms with van der Waals surface area (Å²) in [5.41, 5.74) is 1.03. The maximum atomic E-state index is 13.5. The van der Waals surface area contributed by atoms with Gasteiger partial charge in [-0.05, 0) is 57.2 Å². The summed E-state index contributed by atoms with van der Waals surface area (Å²) < 4.78 is 35.7. The van der Waals surface area contributed by atoms with Crippen LogP contribution in [0.5, 0.6) is 5.75 Å². The maximum absolute atomic E-state index is 13.5. The van der Waals surface area contributed by atoms with Gasteiger partial charge in [-0.15, -0.1) is 5.10 Å². The Hall–Kier alpha value is -2.76. The highest BCUT2D eigenvalue weighted by molar-refractivity contribution is 7.89. The van der Waals surface area contributed by atoms with Crippen molar-refractivity contribution in [1.29, 1.82) is 0 Å². The van der Waals surface area contributed by atoms with E-state index in [0.717, 1.165) is 25.7 Å². The number of piperidine rings is 1. The second kappa shape index (κ2) is 11.1. The van der Waals surface area contributed by atoms with Crippen molar-refractivity contribution in [3.63, 3.8) is 0 Å². The molecular formula is C25H35N5O5S. The fourth-order valence-electron chi connectivity index (χ4n) is 4.73. The zero-order valence-corrected chi connectivity index (χ0v) is 22.0. The molecule has 1 fully saturated rings. The Morgan fingerprint density at radius 1 is 1.25 bits per heavy atom. The van der Waals surface area contributed by atoms with Crippen LogP contribution in [-0.4, -0.2) is 63.7 Å². The zero-order chi connectivity index (χ0) is 25.9. The fourth-order valence-corrected chi connectivity index (χ4v) is 6.31. The number of benzene rings is 1. The third-order valence-corrected chi connectivity index (χ3v) is 8.49. The monoisotopic (exact) mass is 517 g/mol. The van der Waals surface area contributed by atoms with E-state index < -0.39 is 10.0 Å². The molecule has 3 heterocycles. The van der Waals surface area contributed by atoms with Crippen LogP contribution in [-0.2, 0) is 16.4 Å². The lowest BCUT2D eigenvalue weighted by Gasteiger charge is -2.31. The molecule has 1 aromatic carbocycles. The molecule has 0 aliphatic carbocycles. The van der Waals surface area contributed by atoms with Gasteiger partial charge in [0, 0.05) is 26.1 Å². The number of ether oxygens (including phenoxy) is 1.